The number of pyridine rings is 2. The normalized spacial score (nSPS) is 15.3. The van der Waals surface area contributed by atoms with Crippen LogP contribution in [0.25, 0.3) is 27.9 Å². The number of hydrogen-bond acceptors (Lipinski definition) is 6. The molecule has 1 fully saturated rings. The molecule has 4 aromatic heterocycles. The van der Waals surface area contributed by atoms with Crippen LogP contribution in [0.3, 0.4) is 0 Å². The van der Waals surface area contributed by atoms with E-state index in [4.69, 9.17) is 9.72 Å². The number of fused-ring (bicyclic) bond motifs is 2. The molecule has 0 bridgehead atoms. The maximum Gasteiger partial charge on any atom is 0.197 e. The summed E-state index contributed by atoms with van der Waals surface area (Å²) in [5.74, 6) is 2.07. The van der Waals surface area contributed by atoms with E-state index in [9.17, 15) is 0 Å². The van der Waals surface area contributed by atoms with Gasteiger partial charge in [-0.3, -0.25) is 4.90 Å². The first kappa shape index (κ1) is 20.8. The summed E-state index contributed by atoms with van der Waals surface area (Å²) in [4.78, 5) is 18.0. The van der Waals surface area contributed by atoms with Gasteiger partial charge in [-0.25, -0.2) is 14.5 Å². The predicted octanol–water partition coefficient (Wildman–Crippen LogP) is 3.94. The maximum atomic E-state index is 5.58. The number of piperazine rings is 1. The molecule has 0 atom stereocenters. The largest absolute Gasteiger partial charge is 0.493 e. The Bertz CT molecular complexity index is 1230. The van der Waals surface area contributed by atoms with Crippen molar-refractivity contribution in [3.63, 3.8) is 0 Å². The SMILES string of the molecule is CCCN1CCN(c2ccc3[nH]c(-c4cc(OC)c5ncnn5c4)c(C(C)C)c3n2)CC1. The number of anilines is 1. The Kier molecular flexibility index (Phi) is 5.46. The van der Waals surface area contributed by atoms with Crippen molar-refractivity contribution in [2.24, 2.45) is 0 Å². The van der Waals surface area contributed by atoms with Crippen LogP contribution in [-0.4, -0.2) is 69.3 Å². The third-order valence-corrected chi connectivity index (χ3v) is 6.33. The van der Waals surface area contributed by atoms with E-state index in [1.54, 1.807) is 18.0 Å². The van der Waals surface area contributed by atoms with Gasteiger partial charge in [0.05, 0.1) is 23.8 Å². The second-order valence-electron chi connectivity index (χ2n) is 8.79. The number of aromatic amines is 1. The molecule has 0 aliphatic carbocycles. The van der Waals surface area contributed by atoms with Gasteiger partial charge in [0.25, 0.3) is 0 Å². The van der Waals surface area contributed by atoms with Crippen molar-refractivity contribution in [2.45, 2.75) is 33.1 Å². The summed E-state index contributed by atoms with van der Waals surface area (Å²) >= 11 is 0. The molecule has 0 amide bonds. The first-order valence-electron chi connectivity index (χ1n) is 11.5. The zero-order chi connectivity index (χ0) is 22.2. The van der Waals surface area contributed by atoms with Crippen molar-refractivity contribution in [3.05, 3.63) is 36.3 Å². The number of aromatic nitrogens is 5. The fourth-order valence-corrected chi connectivity index (χ4v) is 4.74. The van der Waals surface area contributed by atoms with E-state index < -0.39 is 0 Å². The zero-order valence-corrected chi connectivity index (χ0v) is 19.3. The molecule has 0 aromatic carbocycles. The van der Waals surface area contributed by atoms with Crippen LogP contribution < -0.4 is 9.64 Å². The van der Waals surface area contributed by atoms with E-state index in [0.717, 1.165) is 54.3 Å². The third kappa shape index (κ3) is 3.58. The highest BCUT2D eigenvalue weighted by molar-refractivity contribution is 5.90. The lowest BCUT2D eigenvalue weighted by atomic mass is 9.99. The van der Waals surface area contributed by atoms with Gasteiger partial charge in [0.15, 0.2) is 11.4 Å². The van der Waals surface area contributed by atoms with Gasteiger partial charge in [0.2, 0.25) is 0 Å². The lowest BCUT2D eigenvalue weighted by Crippen LogP contribution is -2.46. The minimum atomic E-state index is 0.306. The lowest BCUT2D eigenvalue weighted by molar-refractivity contribution is 0.258. The van der Waals surface area contributed by atoms with Gasteiger partial charge in [-0.05, 0) is 37.1 Å². The molecule has 8 heteroatoms. The summed E-state index contributed by atoms with van der Waals surface area (Å²) in [6.45, 7) is 12.1. The van der Waals surface area contributed by atoms with E-state index in [1.807, 2.05) is 12.3 Å². The first-order valence-corrected chi connectivity index (χ1v) is 11.5. The van der Waals surface area contributed by atoms with E-state index in [-0.39, 0.29) is 0 Å². The Balaban J connectivity index is 1.56. The van der Waals surface area contributed by atoms with Crippen LogP contribution in [0, 0.1) is 0 Å². The van der Waals surface area contributed by atoms with Crippen LogP contribution >= 0.6 is 0 Å². The van der Waals surface area contributed by atoms with E-state index in [1.165, 1.54) is 18.5 Å². The number of ether oxygens (including phenoxy) is 1. The predicted molar refractivity (Wildman–Crippen MR) is 128 cm³/mol. The maximum absolute atomic E-state index is 5.58. The Morgan fingerprint density at radius 2 is 1.97 bits per heavy atom. The number of nitrogens with one attached hydrogen (secondary N) is 1. The summed E-state index contributed by atoms with van der Waals surface area (Å²) < 4.78 is 7.35. The van der Waals surface area contributed by atoms with E-state index in [2.05, 4.69) is 57.8 Å². The highest BCUT2D eigenvalue weighted by Crippen LogP contribution is 2.37. The smallest absolute Gasteiger partial charge is 0.197 e. The first-order chi connectivity index (χ1) is 15.6. The molecule has 8 nitrogen and oxygen atoms in total. The number of rotatable bonds is 6. The third-order valence-electron chi connectivity index (χ3n) is 6.33. The average molecular weight is 434 g/mol. The van der Waals surface area contributed by atoms with Gasteiger partial charge in [-0.2, -0.15) is 5.10 Å². The van der Waals surface area contributed by atoms with Gasteiger partial charge in [0, 0.05) is 43.5 Å². The molecule has 168 valence electrons. The summed E-state index contributed by atoms with van der Waals surface area (Å²) in [7, 11) is 1.66. The van der Waals surface area contributed by atoms with Crippen molar-refractivity contribution in [2.75, 3.05) is 44.7 Å². The number of hydrogen-bond donors (Lipinski definition) is 1. The van der Waals surface area contributed by atoms with Gasteiger partial charge < -0.3 is 14.6 Å². The topological polar surface area (TPSA) is 74.6 Å². The van der Waals surface area contributed by atoms with Crippen molar-refractivity contribution < 1.29 is 4.74 Å². The fourth-order valence-electron chi connectivity index (χ4n) is 4.74. The van der Waals surface area contributed by atoms with Crippen LogP contribution in [-0.2, 0) is 0 Å². The molecule has 1 aliphatic heterocycles. The Labute approximate surface area is 188 Å². The average Bonchev–Trinajstić information content (AvgIpc) is 3.43. The highest BCUT2D eigenvalue weighted by atomic mass is 16.5. The Morgan fingerprint density at radius 1 is 1.16 bits per heavy atom. The van der Waals surface area contributed by atoms with Gasteiger partial charge >= 0.3 is 0 Å². The summed E-state index contributed by atoms with van der Waals surface area (Å²) in [5.41, 5.74) is 6.09. The molecule has 1 N–H and O–H groups in total. The standard InChI is InChI=1S/C24H31N7O/c1-5-8-29-9-11-30(12-10-29)20-7-6-18-23(28-20)21(16(2)3)22(27-18)17-13-19(32-4)24-25-15-26-31(24)14-17/h6-7,13-16,27H,5,8-12H2,1-4H3. The van der Waals surface area contributed by atoms with Gasteiger partial charge in [-0.15, -0.1) is 0 Å². The molecule has 0 saturated carbocycles. The lowest BCUT2D eigenvalue weighted by Gasteiger charge is -2.35. The molecule has 0 radical (unpaired) electrons. The minimum absolute atomic E-state index is 0.306. The number of nitrogens with zero attached hydrogens (tertiary/aromatic N) is 6. The molecule has 5 rings (SSSR count). The van der Waals surface area contributed by atoms with Crippen molar-refractivity contribution in [3.8, 4) is 17.0 Å². The molecule has 5 heterocycles. The van der Waals surface area contributed by atoms with Crippen LogP contribution in [0.4, 0.5) is 5.82 Å². The van der Waals surface area contributed by atoms with Crippen molar-refractivity contribution in [1.29, 1.82) is 0 Å². The number of H-pyrrole nitrogens is 1. The Morgan fingerprint density at radius 3 is 2.69 bits per heavy atom. The van der Waals surface area contributed by atoms with Gasteiger partial charge in [-0.1, -0.05) is 20.8 Å². The molecular formula is C24H31N7O. The summed E-state index contributed by atoms with van der Waals surface area (Å²) in [6, 6.07) is 6.33. The second kappa shape index (κ2) is 8.43. The van der Waals surface area contributed by atoms with Crippen molar-refractivity contribution in [1.82, 2.24) is 29.5 Å². The monoisotopic (exact) mass is 433 g/mol. The highest BCUT2D eigenvalue weighted by Gasteiger charge is 2.22. The number of methoxy groups -OCH3 is 1. The molecule has 32 heavy (non-hydrogen) atoms. The molecule has 4 aromatic rings. The molecule has 0 unspecified atom stereocenters. The summed E-state index contributed by atoms with van der Waals surface area (Å²) in [6.07, 6.45) is 4.75. The quantitative estimate of drug-likeness (QED) is 0.497. The van der Waals surface area contributed by atoms with Crippen LogP contribution in [0.15, 0.2) is 30.7 Å². The summed E-state index contributed by atoms with van der Waals surface area (Å²) in [5, 5.41) is 4.32. The van der Waals surface area contributed by atoms with Crippen LogP contribution in [0.1, 0.15) is 38.7 Å². The Hall–Kier alpha value is -3.13. The van der Waals surface area contributed by atoms with Gasteiger partial charge in [0.1, 0.15) is 12.1 Å². The minimum Gasteiger partial charge on any atom is -0.493 e. The molecule has 1 saturated heterocycles. The van der Waals surface area contributed by atoms with Crippen LogP contribution in [0.5, 0.6) is 5.75 Å². The van der Waals surface area contributed by atoms with Crippen molar-refractivity contribution >= 4 is 22.5 Å². The van der Waals surface area contributed by atoms with Crippen LogP contribution in [0.2, 0.25) is 0 Å². The molecular weight excluding hydrogens is 402 g/mol. The molecule has 0 spiro atoms. The fraction of sp³-hybridized carbons (Fsp3) is 0.458. The zero-order valence-electron chi connectivity index (χ0n) is 19.3. The molecule has 1 aliphatic rings. The van der Waals surface area contributed by atoms with E-state index in [0.29, 0.717) is 17.3 Å². The second-order valence-corrected chi connectivity index (χ2v) is 8.79. The van der Waals surface area contributed by atoms with E-state index >= 15 is 0 Å².